The maximum absolute atomic E-state index is 12.4. The highest BCUT2D eigenvalue weighted by Crippen LogP contribution is 2.42. The van der Waals surface area contributed by atoms with Gasteiger partial charge in [0.25, 0.3) is 25.9 Å². The molecule has 0 saturated heterocycles. The fourth-order valence-electron chi connectivity index (χ4n) is 3.18. The number of fused-ring (bicyclic) bond motifs is 1. The monoisotopic (exact) mass is 641 g/mol. The summed E-state index contributed by atoms with van der Waals surface area (Å²) in [6.07, 6.45) is 0. The van der Waals surface area contributed by atoms with E-state index in [1.807, 2.05) is 0 Å². The summed E-state index contributed by atoms with van der Waals surface area (Å²) in [6.45, 7) is -1.01. The highest BCUT2D eigenvalue weighted by molar-refractivity contribution is 7.91. The molecule has 0 saturated carbocycles. The van der Waals surface area contributed by atoms with E-state index in [1.54, 1.807) is 0 Å². The van der Waals surface area contributed by atoms with Crippen molar-refractivity contribution in [2.24, 2.45) is 10.2 Å². The van der Waals surface area contributed by atoms with E-state index in [1.165, 1.54) is 0 Å². The lowest BCUT2D eigenvalue weighted by Gasteiger charge is -2.10. The fraction of sp³-hybridized carbons (Fsp3) is 0.111. The predicted molar refractivity (Wildman–Crippen MR) is 132 cm³/mol. The minimum Gasteiger partial charge on any atom is -0.505 e. The fourth-order valence-corrected chi connectivity index (χ4v) is 5.86. The Morgan fingerprint density at radius 1 is 0.825 bits per heavy atom. The summed E-state index contributed by atoms with van der Waals surface area (Å²) in [5.41, 5.74) is -2.56. The maximum atomic E-state index is 12.4. The molecule has 3 rings (SSSR count). The van der Waals surface area contributed by atoms with E-state index < -0.39 is 95.3 Å². The zero-order valence-electron chi connectivity index (χ0n) is 19.2. The summed E-state index contributed by atoms with van der Waals surface area (Å²) < 4.78 is 124. The molecule has 22 heteroatoms. The summed E-state index contributed by atoms with van der Waals surface area (Å²) >= 11 is 0. The number of sulfone groups is 1. The van der Waals surface area contributed by atoms with Crippen molar-refractivity contribution >= 4 is 68.3 Å². The first kappa shape index (κ1) is 30.9. The lowest BCUT2D eigenvalue weighted by molar-refractivity contribution is -0.384. The number of aromatic hydroxyl groups is 1. The Hall–Kier alpha value is -3.64. The molecule has 0 unspecified atom stereocenters. The van der Waals surface area contributed by atoms with E-state index in [-0.39, 0.29) is 10.8 Å². The van der Waals surface area contributed by atoms with Crippen LogP contribution < -0.4 is 0 Å². The van der Waals surface area contributed by atoms with Crippen LogP contribution in [-0.4, -0.2) is 69.7 Å². The zero-order chi connectivity index (χ0) is 30.3. The Bertz CT molecular complexity index is 2000. The number of hydrogen-bond acceptors (Lipinski definition) is 14. The summed E-state index contributed by atoms with van der Waals surface area (Å²) in [4.78, 5) is 8.02. The molecule has 3 aromatic rings. The van der Waals surface area contributed by atoms with E-state index in [9.17, 15) is 58.0 Å². The van der Waals surface area contributed by atoms with Gasteiger partial charge in [-0.25, -0.2) is 12.6 Å². The molecular formula is C18H15N3O15S4. The van der Waals surface area contributed by atoms with Crippen LogP contribution in [0.2, 0.25) is 0 Å². The van der Waals surface area contributed by atoms with Crippen molar-refractivity contribution in [1.29, 1.82) is 0 Å². The number of nitro groups is 1. The summed E-state index contributed by atoms with van der Waals surface area (Å²) in [6, 6.07) is 5.41. The molecule has 40 heavy (non-hydrogen) atoms. The van der Waals surface area contributed by atoms with Gasteiger partial charge in [-0.2, -0.15) is 25.3 Å². The van der Waals surface area contributed by atoms with E-state index in [0.717, 1.165) is 30.3 Å². The second-order valence-electron chi connectivity index (χ2n) is 7.58. The van der Waals surface area contributed by atoms with Crippen molar-refractivity contribution in [2.75, 3.05) is 12.4 Å². The number of nitro benzene ring substituents is 1. The average molecular weight is 642 g/mol. The molecule has 0 amide bonds. The Morgan fingerprint density at radius 2 is 1.45 bits per heavy atom. The molecule has 0 aromatic heterocycles. The molecular weight excluding hydrogens is 626 g/mol. The number of phenols is 1. The highest BCUT2D eigenvalue weighted by Gasteiger charge is 2.25. The first-order valence-corrected chi connectivity index (χ1v) is 15.9. The van der Waals surface area contributed by atoms with Gasteiger partial charge in [0.2, 0.25) is 0 Å². The third-order valence-corrected chi connectivity index (χ3v) is 8.80. The Kier molecular flexibility index (Phi) is 8.29. The molecule has 4 N–H and O–H groups in total. The molecule has 18 nitrogen and oxygen atoms in total. The molecule has 0 spiro atoms. The SMILES string of the molecule is O=[N+]([O-])c1cc(S(=O)(=O)CCOS(=O)(=O)O)ccc1N=Nc1c(S(=O)(=O)O)cc2cc(S(=O)(=O)O)ccc2c1O. The Balaban J connectivity index is 2.12. The predicted octanol–water partition coefficient (Wildman–Crippen LogP) is 1.96. The van der Waals surface area contributed by atoms with Crippen LogP contribution in [0.5, 0.6) is 5.75 Å². The highest BCUT2D eigenvalue weighted by atomic mass is 32.3. The van der Waals surface area contributed by atoms with Crippen molar-refractivity contribution in [3.8, 4) is 5.75 Å². The van der Waals surface area contributed by atoms with Crippen LogP contribution in [0.4, 0.5) is 17.1 Å². The third kappa shape index (κ3) is 7.11. The van der Waals surface area contributed by atoms with Gasteiger partial charge in [-0.3, -0.25) is 23.8 Å². The smallest absolute Gasteiger partial charge is 0.397 e. The van der Waals surface area contributed by atoms with Gasteiger partial charge in [0.15, 0.2) is 21.3 Å². The van der Waals surface area contributed by atoms with Crippen LogP contribution in [-0.2, 0) is 44.7 Å². The number of phenolic OH excluding ortho intramolecular Hbond substituents is 1. The Morgan fingerprint density at radius 3 is 2.00 bits per heavy atom. The molecule has 3 aromatic carbocycles. The first-order valence-electron chi connectivity index (χ1n) is 10.0. The minimum absolute atomic E-state index is 0.225. The lowest BCUT2D eigenvalue weighted by atomic mass is 10.1. The van der Waals surface area contributed by atoms with Crippen LogP contribution >= 0.6 is 0 Å². The van der Waals surface area contributed by atoms with Crippen LogP contribution in [0.25, 0.3) is 10.8 Å². The largest absolute Gasteiger partial charge is 0.505 e. The summed E-state index contributed by atoms with van der Waals surface area (Å²) in [7, 11) is -19.3. The summed E-state index contributed by atoms with van der Waals surface area (Å²) in [5, 5.41) is 28.6. The number of rotatable bonds is 10. The van der Waals surface area contributed by atoms with Crippen LogP contribution in [0.15, 0.2) is 67.4 Å². The second-order valence-corrected chi connectivity index (χ2v) is 13.6. The van der Waals surface area contributed by atoms with Gasteiger partial charge in [0, 0.05) is 11.5 Å². The molecule has 0 atom stereocenters. The Labute approximate surface area is 225 Å². The van der Waals surface area contributed by atoms with E-state index in [4.69, 9.17) is 4.55 Å². The molecule has 0 aliphatic rings. The van der Waals surface area contributed by atoms with E-state index in [2.05, 4.69) is 14.4 Å². The lowest BCUT2D eigenvalue weighted by Crippen LogP contribution is -2.15. The third-order valence-electron chi connectivity index (χ3n) is 4.94. The first-order chi connectivity index (χ1) is 18.2. The van der Waals surface area contributed by atoms with E-state index in [0.29, 0.717) is 12.1 Å². The number of nitrogens with zero attached hydrogens (tertiary/aromatic N) is 3. The number of benzene rings is 3. The second kappa shape index (κ2) is 10.7. The quantitative estimate of drug-likeness (QED) is 0.106. The van der Waals surface area contributed by atoms with Crippen LogP contribution in [0, 0.1) is 10.1 Å². The molecule has 0 radical (unpaired) electrons. The summed E-state index contributed by atoms with van der Waals surface area (Å²) in [5.74, 6) is -1.97. The van der Waals surface area contributed by atoms with Crippen molar-refractivity contribution < 1.29 is 61.5 Å². The number of azo groups is 1. The van der Waals surface area contributed by atoms with Gasteiger partial charge in [-0.1, -0.05) is 0 Å². The van der Waals surface area contributed by atoms with Crippen molar-refractivity contribution in [2.45, 2.75) is 14.7 Å². The van der Waals surface area contributed by atoms with Gasteiger partial charge in [0.05, 0.1) is 27.1 Å². The van der Waals surface area contributed by atoms with Gasteiger partial charge < -0.3 is 5.11 Å². The van der Waals surface area contributed by atoms with Crippen molar-refractivity contribution in [3.63, 3.8) is 0 Å². The molecule has 0 bridgehead atoms. The molecule has 0 aliphatic carbocycles. The van der Waals surface area contributed by atoms with Crippen molar-refractivity contribution in [3.05, 3.63) is 52.6 Å². The standard InChI is InChI=1S/C18H15N3O15S4/c22-18-13-3-1-12(38(27,28)29)7-10(13)8-16(39(30,31)32)17(18)20-19-14-4-2-11(9-15(14)21(23)24)37(25,26)6-5-36-40(33,34)35/h1-4,7-9,22H,5-6H2,(H,27,28,29)(H,30,31,32)(H,33,34,35). The molecule has 0 fully saturated rings. The molecule has 0 heterocycles. The van der Waals surface area contributed by atoms with Crippen LogP contribution in [0.1, 0.15) is 0 Å². The van der Waals surface area contributed by atoms with Gasteiger partial charge in [0.1, 0.15) is 10.6 Å². The molecule has 0 aliphatic heterocycles. The molecule has 216 valence electrons. The number of hydrogen-bond donors (Lipinski definition) is 4. The van der Waals surface area contributed by atoms with Gasteiger partial charge in [-0.15, -0.1) is 10.2 Å². The van der Waals surface area contributed by atoms with Gasteiger partial charge in [-0.05, 0) is 41.8 Å². The average Bonchev–Trinajstić information content (AvgIpc) is 2.80. The topological polar surface area (TPSA) is 295 Å². The van der Waals surface area contributed by atoms with Gasteiger partial charge >= 0.3 is 10.4 Å². The minimum atomic E-state index is -5.18. The zero-order valence-corrected chi connectivity index (χ0v) is 22.5. The van der Waals surface area contributed by atoms with Crippen molar-refractivity contribution in [1.82, 2.24) is 0 Å². The van der Waals surface area contributed by atoms with E-state index >= 15 is 0 Å². The normalized spacial score (nSPS) is 13.2. The van der Waals surface area contributed by atoms with Crippen LogP contribution in [0.3, 0.4) is 0 Å². The maximum Gasteiger partial charge on any atom is 0.397 e.